The lowest BCUT2D eigenvalue weighted by molar-refractivity contribution is 0.0711. The second-order valence-electron chi connectivity index (χ2n) is 4.21. The molecule has 0 fully saturated rings. The van der Waals surface area contributed by atoms with Gasteiger partial charge in [-0.15, -0.1) is 11.6 Å². The normalized spacial score (nSPS) is 10.3. The van der Waals surface area contributed by atoms with Crippen molar-refractivity contribution in [1.82, 2.24) is 4.90 Å². The molecule has 0 atom stereocenters. The molecular formula is C14H20ClNO3. The summed E-state index contributed by atoms with van der Waals surface area (Å²) in [6.07, 6.45) is 0. The topological polar surface area (TPSA) is 38.8 Å². The molecular weight excluding hydrogens is 266 g/mol. The largest absolute Gasteiger partial charge is 0.496 e. The Labute approximate surface area is 119 Å². The Morgan fingerprint density at radius 1 is 1.37 bits per heavy atom. The lowest BCUT2D eigenvalue weighted by Crippen LogP contribution is -2.30. The van der Waals surface area contributed by atoms with E-state index in [2.05, 4.69) is 0 Å². The number of nitrogens with zero attached hydrogens (tertiary/aromatic N) is 1. The van der Waals surface area contributed by atoms with E-state index in [0.717, 1.165) is 11.3 Å². The van der Waals surface area contributed by atoms with Gasteiger partial charge in [0.05, 0.1) is 20.3 Å². The smallest absolute Gasteiger partial charge is 0.253 e. The second kappa shape index (κ2) is 8.02. The minimum absolute atomic E-state index is 0.0484. The summed E-state index contributed by atoms with van der Waals surface area (Å²) < 4.78 is 10.5. The monoisotopic (exact) mass is 285 g/mol. The summed E-state index contributed by atoms with van der Waals surface area (Å²) >= 11 is 5.50. The fraction of sp³-hybridized carbons (Fsp3) is 0.500. The number of rotatable bonds is 7. The SMILES string of the molecule is COc1cc(C(=O)N(C)CCOCCCl)ccc1C. The van der Waals surface area contributed by atoms with Gasteiger partial charge in [-0.2, -0.15) is 0 Å². The van der Waals surface area contributed by atoms with Crippen LogP contribution in [-0.2, 0) is 4.74 Å². The first-order chi connectivity index (χ1) is 9.10. The highest BCUT2D eigenvalue weighted by Crippen LogP contribution is 2.19. The van der Waals surface area contributed by atoms with E-state index in [1.54, 1.807) is 31.2 Å². The molecule has 0 aliphatic rings. The van der Waals surface area contributed by atoms with Gasteiger partial charge in [-0.25, -0.2) is 0 Å². The van der Waals surface area contributed by atoms with Gasteiger partial charge in [0.1, 0.15) is 5.75 Å². The Kier molecular flexibility index (Phi) is 6.67. The number of amides is 1. The molecule has 1 aromatic rings. The summed E-state index contributed by atoms with van der Waals surface area (Å²) in [4.78, 5) is 13.8. The van der Waals surface area contributed by atoms with Crippen molar-refractivity contribution in [2.24, 2.45) is 0 Å². The summed E-state index contributed by atoms with van der Waals surface area (Å²) in [5, 5.41) is 0. The van der Waals surface area contributed by atoms with E-state index in [-0.39, 0.29) is 5.91 Å². The van der Waals surface area contributed by atoms with E-state index in [9.17, 15) is 4.79 Å². The zero-order chi connectivity index (χ0) is 14.3. The molecule has 0 aliphatic carbocycles. The predicted molar refractivity (Wildman–Crippen MR) is 76.2 cm³/mol. The number of ether oxygens (including phenoxy) is 2. The molecule has 4 nitrogen and oxygen atoms in total. The first-order valence-corrected chi connectivity index (χ1v) is 6.67. The van der Waals surface area contributed by atoms with Crippen LogP contribution in [0, 0.1) is 6.92 Å². The van der Waals surface area contributed by atoms with Crippen LogP contribution in [0.2, 0.25) is 0 Å². The Bertz CT molecular complexity index is 423. The number of hydrogen-bond acceptors (Lipinski definition) is 3. The van der Waals surface area contributed by atoms with E-state index in [4.69, 9.17) is 21.1 Å². The predicted octanol–water partition coefficient (Wildman–Crippen LogP) is 2.33. The van der Waals surface area contributed by atoms with Gasteiger partial charge in [0.15, 0.2) is 0 Å². The molecule has 1 amide bonds. The van der Waals surface area contributed by atoms with Crippen molar-refractivity contribution in [1.29, 1.82) is 0 Å². The van der Waals surface area contributed by atoms with Gasteiger partial charge < -0.3 is 14.4 Å². The standard InChI is InChI=1S/C14H20ClNO3/c1-11-4-5-12(10-13(11)18-3)14(17)16(2)7-9-19-8-6-15/h4-5,10H,6-9H2,1-3H3. The van der Waals surface area contributed by atoms with Crippen molar-refractivity contribution < 1.29 is 14.3 Å². The highest BCUT2D eigenvalue weighted by Gasteiger charge is 2.13. The third-order valence-corrected chi connectivity index (χ3v) is 2.95. The first kappa shape index (κ1) is 15.8. The number of likely N-dealkylation sites (N-methyl/N-ethyl adjacent to an activating group) is 1. The van der Waals surface area contributed by atoms with Crippen molar-refractivity contribution in [2.75, 3.05) is 39.8 Å². The van der Waals surface area contributed by atoms with Crippen molar-refractivity contribution in [3.05, 3.63) is 29.3 Å². The lowest BCUT2D eigenvalue weighted by Gasteiger charge is -2.17. The molecule has 0 saturated carbocycles. The van der Waals surface area contributed by atoms with E-state index in [1.807, 2.05) is 13.0 Å². The van der Waals surface area contributed by atoms with Crippen molar-refractivity contribution >= 4 is 17.5 Å². The van der Waals surface area contributed by atoms with E-state index in [1.165, 1.54) is 0 Å². The van der Waals surface area contributed by atoms with Gasteiger partial charge in [-0.3, -0.25) is 4.79 Å². The summed E-state index contributed by atoms with van der Waals surface area (Å²) in [6, 6.07) is 5.44. The molecule has 0 bridgehead atoms. The maximum atomic E-state index is 12.2. The van der Waals surface area contributed by atoms with Crippen LogP contribution < -0.4 is 4.74 Å². The van der Waals surface area contributed by atoms with Crippen LogP contribution in [0.5, 0.6) is 5.75 Å². The molecule has 0 aliphatic heterocycles. The fourth-order valence-electron chi connectivity index (χ4n) is 1.63. The van der Waals surface area contributed by atoms with Crippen LogP contribution in [0.3, 0.4) is 0 Å². The summed E-state index contributed by atoms with van der Waals surface area (Å²) in [5.41, 5.74) is 1.62. The van der Waals surface area contributed by atoms with Gasteiger partial charge in [0.25, 0.3) is 5.91 Å². The van der Waals surface area contributed by atoms with Crippen LogP contribution in [-0.4, -0.2) is 50.6 Å². The Hall–Kier alpha value is -1.26. The molecule has 19 heavy (non-hydrogen) atoms. The molecule has 0 saturated heterocycles. The highest BCUT2D eigenvalue weighted by molar-refractivity contribution is 6.17. The number of carbonyl (C=O) groups is 1. The van der Waals surface area contributed by atoms with Crippen LogP contribution in [0.15, 0.2) is 18.2 Å². The minimum Gasteiger partial charge on any atom is -0.496 e. The highest BCUT2D eigenvalue weighted by atomic mass is 35.5. The lowest BCUT2D eigenvalue weighted by atomic mass is 10.1. The van der Waals surface area contributed by atoms with E-state index < -0.39 is 0 Å². The van der Waals surface area contributed by atoms with Gasteiger partial charge >= 0.3 is 0 Å². The van der Waals surface area contributed by atoms with Crippen molar-refractivity contribution in [3.8, 4) is 5.75 Å². The Morgan fingerprint density at radius 3 is 2.74 bits per heavy atom. The fourth-order valence-corrected chi connectivity index (χ4v) is 1.74. The molecule has 0 unspecified atom stereocenters. The van der Waals surface area contributed by atoms with Crippen LogP contribution in [0.1, 0.15) is 15.9 Å². The first-order valence-electron chi connectivity index (χ1n) is 6.14. The quantitative estimate of drug-likeness (QED) is 0.570. The van der Waals surface area contributed by atoms with Crippen molar-refractivity contribution in [2.45, 2.75) is 6.92 Å². The van der Waals surface area contributed by atoms with Gasteiger partial charge in [0.2, 0.25) is 0 Å². The van der Waals surface area contributed by atoms with Gasteiger partial charge in [-0.05, 0) is 24.6 Å². The number of hydrogen-bond donors (Lipinski definition) is 0. The summed E-state index contributed by atoms with van der Waals surface area (Å²) in [5.74, 6) is 1.14. The van der Waals surface area contributed by atoms with Crippen LogP contribution >= 0.6 is 11.6 Å². The molecule has 1 aromatic carbocycles. The van der Waals surface area contributed by atoms with Gasteiger partial charge in [0, 0.05) is 25.0 Å². The average Bonchev–Trinajstić information content (AvgIpc) is 2.43. The Balaban J connectivity index is 2.61. The average molecular weight is 286 g/mol. The van der Waals surface area contributed by atoms with Crippen molar-refractivity contribution in [3.63, 3.8) is 0 Å². The second-order valence-corrected chi connectivity index (χ2v) is 4.59. The number of benzene rings is 1. The summed E-state index contributed by atoms with van der Waals surface area (Å²) in [7, 11) is 3.35. The van der Waals surface area contributed by atoms with E-state index in [0.29, 0.717) is 31.2 Å². The molecule has 0 heterocycles. The molecule has 0 N–H and O–H groups in total. The number of methoxy groups -OCH3 is 1. The number of alkyl halides is 1. The maximum Gasteiger partial charge on any atom is 0.253 e. The molecule has 0 spiro atoms. The summed E-state index contributed by atoms with van der Waals surface area (Å²) in [6.45, 7) is 3.46. The molecule has 5 heteroatoms. The number of halogens is 1. The molecule has 0 radical (unpaired) electrons. The van der Waals surface area contributed by atoms with E-state index >= 15 is 0 Å². The molecule has 1 rings (SSSR count). The van der Waals surface area contributed by atoms with Gasteiger partial charge in [-0.1, -0.05) is 6.07 Å². The minimum atomic E-state index is -0.0484. The zero-order valence-electron chi connectivity index (χ0n) is 11.6. The Morgan fingerprint density at radius 2 is 2.11 bits per heavy atom. The molecule has 106 valence electrons. The zero-order valence-corrected chi connectivity index (χ0v) is 12.4. The molecule has 0 aromatic heterocycles. The van der Waals surface area contributed by atoms with Crippen LogP contribution in [0.4, 0.5) is 0 Å². The van der Waals surface area contributed by atoms with Crippen LogP contribution in [0.25, 0.3) is 0 Å². The number of aryl methyl sites for hydroxylation is 1. The third-order valence-electron chi connectivity index (χ3n) is 2.79. The third kappa shape index (κ3) is 4.73. The number of carbonyl (C=O) groups excluding carboxylic acids is 1. The maximum absolute atomic E-state index is 12.2.